The lowest BCUT2D eigenvalue weighted by atomic mass is 10.1. The first kappa shape index (κ1) is 15.0. The van der Waals surface area contributed by atoms with Crippen LogP contribution >= 0.6 is 11.3 Å². The predicted molar refractivity (Wildman–Crippen MR) is 86.2 cm³/mol. The number of hydrogen-bond acceptors (Lipinski definition) is 3. The van der Waals surface area contributed by atoms with Gasteiger partial charge in [-0.25, -0.2) is 0 Å². The van der Waals surface area contributed by atoms with Crippen molar-refractivity contribution in [1.29, 1.82) is 0 Å². The van der Waals surface area contributed by atoms with Crippen LogP contribution in [0.25, 0.3) is 6.08 Å². The maximum Gasteiger partial charge on any atom is 0.248 e. The lowest BCUT2D eigenvalue weighted by Crippen LogP contribution is -2.19. The minimum Gasteiger partial charge on any atom is -0.359 e. The Balaban J connectivity index is 1.90. The summed E-state index contributed by atoms with van der Waals surface area (Å²) in [6.45, 7) is 0. The van der Waals surface area contributed by atoms with Gasteiger partial charge in [0, 0.05) is 23.7 Å². The standard InChI is InChI=1S/C16H16N2O2S/c1-17-16(20)11-12-4-6-13(7-5-12)18-15(19)9-8-14-3-2-10-21-14/h2-10H,11H2,1H3,(H,17,20)(H,18,19)/b9-8+. The topological polar surface area (TPSA) is 58.2 Å². The molecule has 2 aromatic rings. The summed E-state index contributed by atoms with van der Waals surface area (Å²) >= 11 is 1.58. The Morgan fingerprint density at radius 1 is 1.19 bits per heavy atom. The normalized spacial score (nSPS) is 10.5. The van der Waals surface area contributed by atoms with Gasteiger partial charge in [0.25, 0.3) is 0 Å². The van der Waals surface area contributed by atoms with E-state index >= 15 is 0 Å². The van der Waals surface area contributed by atoms with E-state index < -0.39 is 0 Å². The lowest BCUT2D eigenvalue weighted by molar-refractivity contribution is -0.120. The van der Waals surface area contributed by atoms with Crippen LogP contribution in [0.4, 0.5) is 5.69 Å². The summed E-state index contributed by atoms with van der Waals surface area (Å²) in [5.74, 6) is -0.215. The number of nitrogens with one attached hydrogen (secondary N) is 2. The smallest absolute Gasteiger partial charge is 0.248 e. The Labute approximate surface area is 127 Å². The third-order valence-electron chi connectivity index (χ3n) is 2.81. The van der Waals surface area contributed by atoms with Gasteiger partial charge in [-0.3, -0.25) is 9.59 Å². The summed E-state index contributed by atoms with van der Waals surface area (Å²) in [6.07, 6.45) is 3.62. The number of rotatable bonds is 5. The van der Waals surface area contributed by atoms with E-state index in [0.29, 0.717) is 12.1 Å². The van der Waals surface area contributed by atoms with E-state index in [0.717, 1.165) is 10.4 Å². The first-order valence-electron chi connectivity index (χ1n) is 6.49. The van der Waals surface area contributed by atoms with E-state index in [1.807, 2.05) is 29.6 Å². The second-order valence-corrected chi connectivity index (χ2v) is 5.36. The quantitative estimate of drug-likeness (QED) is 0.834. The molecule has 0 atom stereocenters. The molecule has 0 radical (unpaired) electrons. The Kier molecular flexibility index (Phi) is 5.29. The molecule has 2 rings (SSSR count). The van der Waals surface area contributed by atoms with E-state index in [-0.39, 0.29) is 11.8 Å². The van der Waals surface area contributed by atoms with E-state index in [2.05, 4.69) is 10.6 Å². The first-order valence-corrected chi connectivity index (χ1v) is 7.37. The summed E-state index contributed by atoms with van der Waals surface area (Å²) in [4.78, 5) is 24.0. The number of carbonyl (C=O) groups excluding carboxylic acids is 2. The van der Waals surface area contributed by atoms with Gasteiger partial charge in [-0.2, -0.15) is 0 Å². The van der Waals surface area contributed by atoms with Crippen LogP contribution < -0.4 is 10.6 Å². The van der Waals surface area contributed by atoms with Gasteiger partial charge in [-0.05, 0) is 35.2 Å². The minimum absolute atomic E-state index is 0.0364. The lowest BCUT2D eigenvalue weighted by Gasteiger charge is -2.04. The molecule has 0 fully saturated rings. The molecule has 5 heteroatoms. The second kappa shape index (κ2) is 7.40. The maximum atomic E-state index is 11.8. The van der Waals surface area contributed by atoms with Gasteiger partial charge in [-0.1, -0.05) is 18.2 Å². The van der Waals surface area contributed by atoms with Crippen molar-refractivity contribution >= 4 is 34.9 Å². The van der Waals surface area contributed by atoms with Gasteiger partial charge in [-0.15, -0.1) is 11.3 Å². The molecule has 4 nitrogen and oxygen atoms in total. The number of likely N-dealkylation sites (N-methyl/N-ethyl adjacent to an activating group) is 1. The highest BCUT2D eigenvalue weighted by Crippen LogP contribution is 2.12. The molecule has 2 N–H and O–H groups in total. The Morgan fingerprint density at radius 3 is 2.57 bits per heavy atom. The zero-order valence-electron chi connectivity index (χ0n) is 11.6. The molecule has 0 bridgehead atoms. The van der Waals surface area contributed by atoms with Crippen LogP contribution in [0.5, 0.6) is 0 Å². The molecule has 108 valence electrons. The van der Waals surface area contributed by atoms with Crippen molar-refractivity contribution in [3.05, 3.63) is 58.3 Å². The number of benzene rings is 1. The highest BCUT2D eigenvalue weighted by Gasteiger charge is 2.02. The van der Waals surface area contributed by atoms with E-state index in [1.165, 1.54) is 6.08 Å². The summed E-state index contributed by atoms with van der Waals surface area (Å²) in [5, 5.41) is 7.31. The molecule has 0 aliphatic rings. The van der Waals surface area contributed by atoms with Crippen molar-refractivity contribution in [3.63, 3.8) is 0 Å². The third-order valence-corrected chi connectivity index (χ3v) is 3.64. The minimum atomic E-state index is -0.178. The fraction of sp³-hybridized carbons (Fsp3) is 0.125. The summed E-state index contributed by atoms with van der Waals surface area (Å²) in [7, 11) is 1.61. The zero-order chi connectivity index (χ0) is 15.1. The average Bonchev–Trinajstić information content (AvgIpc) is 3.00. The SMILES string of the molecule is CNC(=O)Cc1ccc(NC(=O)/C=C/c2cccs2)cc1. The van der Waals surface area contributed by atoms with Gasteiger partial charge < -0.3 is 10.6 Å². The monoisotopic (exact) mass is 300 g/mol. The average molecular weight is 300 g/mol. The predicted octanol–water partition coefficient (Wildman–Crippen LogP) is 2.69. The van der Waals surface area contributed by atoms with Crippen molar-refractivity contribution in [2.45, 2.75) is 6.42 Å². The number of hydrogen-bond donors (Lipinski definition) is 2. The molecule has 1 aromatic heterocycles. The summed E-state index contributed by atoms with van der Waals surface area (Å²) in [6, 6.07) is 11.1. The third kappa shape index (κ3) is 4.89. The highest BCUT2D eigenvalue weighted by atomic mass is 32.1. The van der Waals surface area contributed by atoms with Crippen molar-refractivity contribution in [3.8, 4) is 0 Å². The van der Waals surface area contributed by atoms with Crippen LogP contribution in [0.3, 0.4) is 0 Å². The largest absolute Gasteiger partial charge is 0.359 e. The van der Waals surface area contributed by atoms with Gasteiger partial charge in [0.2, 0.25) is 11.8 Å². The van der Waals surface area contributed by atoms with Crippen LogP contribution in [-0.2, 0) is 16.0 Å². The number of carbonyl (C=O) groups is 2. The van der Waals surface area contributed by atoms with E-state index in [1.54, 1.807) is 36.6 Å². The molecule has 2 amide bonds. The molecular formula is C16H16N2O2S. The Bertz CT molecular complexity index is 631. The van der Waals surface area contributed by atoms with Crippen molar-refractivity contribution in [1.82, 2.24) is 5.32 Å². The summed E-state index contributed by atoms with van der Waals surface area (Å²) in [5.41, 5.74) is 1.61. The van der Waals surface area contributed by atoms with E-state index in [9.17, 15) is 9.59 Å². The molecule has 0 spiro atoms. The number of thiophene rings is 1. The van der Waals surface area contributed by atoms with Gasteiger partial charge in [0.05, 0.1) is 6.42 Å². The van der Waals surface area contributed by atoms with Crippen molar-refractivity contribution in [2.75, 3.05) is 12.4 Å². The molecule has 0 saturated heterocycles. The van der Waals surface area contributed by atoms with Gasteiger partial charge in [0.1, 0.15) is 0 Å². The molecule has 1 aromatic carbocycles. The van der Waals surface area contributed by atoms with Crippen molar-refractivity contribution in [2.24, 2.45) is 0 Å². The molecule has 0 unspecified atom stereocenters. The molecule has 0 aliphatic carbocycles. The van der Waals surface area contributed by atoms with Crippen molar-refractivity contribution < 1.29 is 9.59 Å². The number of amides is 2. The van der Waals surface area contributed by atoms with Crippen LogP contribution in [0.2, 0.25) is 0 Å². The molecule has 0 saturated carbocycles. The fourth-order valence-electron chi connectivity index (χ4n) is 1.71. The maximum absolute atomic E-state index is 11.8. The molecular weight excluding hydrogens is 284 g/mol. The first-order chi connectivity index (χ1) is 10.2. The highest BCUT2D eigenvalue weighted by molar-refractivity contribution is 7.10. The Morgan fingerprint density at radius 2 is 1.95 bits per heavy atom. The van der Waals surface area contributed by atoms with Gasteiger partial charge >= 0.3 is 0 Å². The molecule has 1 heterocycles. The van der Waals surface area contributed by atoms with Gasteiger partial charge in [0.15, 0.2) is 0 Å². The second-order valence-electron chi connectivity index (χ2n) is 4.38. The molecule has 21 heavy (non-hydrogen) atoms. The van der Waals surface area contributed by atoms with Crippen LogP contribution in [-0.4, -0.2) is 18.9 Å². The fourth-order valence-corrected chi connectivity index (χ4v) is 2.33. The molecule has 0 aliphatic heterocycles. The van der Waals surface area contributed by atoms with Crippen LogP contribution in [0.1, 0.15) is 10.4 Å². The van der Waals surface area contributed by atoms with Crippen LogP contribution in [0, 0.1) is 0 Å². The van der Waals surface area contributed by atoms with Crippen LogP contribution in [0.15, 0.2) is 47.9 Å². The number of anilines is 1. The Hall–Kier alpha value is -2.40. The zero-order valence-corrected chi connectivity index (χ0v) is 12.4. The van der Waals surface area contributed by atoms with E-state index in [4.69, 9.17) is 0 Å². The summed E-state index contributed by atoms with van der Waals surface area (Å²) < 4.78 is 0.